The molecule has 1 atom stereocenters. The number of carbonyl (C=O) groups is 2. The predicted molar refractivity (Wildman–Crippen MR) is 72.0 cm³/mol. The lowest BCUT2D eigenvalue weighted by Gasteiger charge is -2.20. The quantitative estimate of drug-likeness (QED) is 0.714. The molecule has 0 spiro atoms. The van der Waals surface area contributed by atoms with Crippen molar-refractivity contribution in [2.45, 2.75) is 19.4 Å². The number of hydrogen-bond acceptors (Lipinski definition) is 6. The third-order valence-corrected chi connectivity index (χ3v) is 2.60. The first-order valence-corrected chi connectivity index (χ1v) is 6.16. The molecular formula is C12H20N4O4. The number of carbonyl (C=O) groups excluding carboxylic acids is 2. The Morgan fingerprint density at radius 2 is 2.30 bits per heavy atom. The van der Waals surface area contributed by atoms with Crippen molar-refractivity contribution in [2.75, 3.05) is 32.6 Å². The lowest BCUT2D eigenvalue weighted by Crippen LogP contribution is -2.45. The van der Waals surface area contributed by atoms with Gasteiger partial charge in [0.15, 0.2) is 5.82 Å². The summed E-state index contributed by atoms with van der Waals surface area (Å²) in [6.07, 6.45) is 0.407. The zero-order chi connectivity index (χ0) is 15.1. The number of methoxy groups -OCH3 is 1. The molecule has 20 heavy (non-hydrogen) atoms. The fraction of sp³-hybridized carbons (Fsp3) is 0.583. The van der Waals surface area contributed by atoms with E-state index in [1.165, 1.54) is 19.1 Å². The number of rotatable bonds is 7. The van der Waals surface area contributed by atoms with Crippen molar-refractivity contribution in [1.82, 2.24) is 10.1 Å². The van der Waals surface area contributed by atoms with Gasteiger partial charge in [-0.25, -0.2) is 0 Å². The number of hydrogen-bond donors (Lipinski definition) is 2. The predicted octanol–water partition coefficient (Wildman–Crippen LogP) is -0.256. The van der Waals surface area contributed by atoms with E-state index in [9.17, 15) is 9.59 Å². The van der Waals surface area contributed by atoms with E-state index in [2.05, 4.69) is 10.5 Å². The highest BCUT2D eigenvalue weighted by Gasteiger charge is 2.20. The highest BCUT2D eigenvalue weighted by atomic mass is 16.5. The van der Waals surface area contributed by atoms with Crippen molar-refractivity contribution < 1.29 is 18.8 Å². The molecule has 0 saturated carbocycles. The fourth-order valence-corrected chi connectivity index (χ4v) is 1.55. The van der Waals surface area contributed by atoms with Crippen molar-refractivity contribution in [3.63, 3.8) is 0 Å². The third kappa shape index (κ3) is 4.98. The van der Waals surface area contributed by atoms with E-state index in [-0.39, 0.29) is 18.4 Å². The van der Waals surface area contributed by atoms with Crippen molar-refractivity contribution in [2.24, 2.45) is 5.73 Å². The van der Waals surface area contributed by atoms with E-state index in [4.69, 9.17) is 15.0 Å². The molecule has 0 radical (unpaired) electrons. The third-order valence-electron chi connectivity index (χ3n) is 2.60. The van der Waals surface area contributed by atoms with Crippen molar-refractivity contribution in [3.8, 4) is 0 Å². The summed E-state index contributed by atoms with van der Waals surface area (Å²) in [5, 5.41) is 6.16. The topological polar surface area (TPSA) is 111 Å². The Balaban J connectivity index is 2.42. The number of ether oxygens (including phenoxy) is 1. The van der Waals surface area contributed by atoms with Crippen LogP contribution >= 0.6 is 0 Å². The molecule has 0 saturated heterocycles. The molecule has 0 fully saturated rings. The van der Waals surface area contributed by atoms with Crippen molar-refractivity contribution in [1.29, 1.82) is 0 Å². The Morgan fingerprint density at radius 1 is 1.60 bits per heavy atom. The first-order valence-electron chi connectivity index (χ1n) is 6.16. The van der Waals surface area contributed by atoms with E-state index < -0.39 is 6.04 Å². The highest BCUT2D eigenvalue weighted by Crippen LogP contribution is 2.06. The first-order chi connectivity index (χ1) is 9.43. The van der Waals surface area contributed by atoms with Crippen molar-refractivity contribution in [3.05, 3.63) is 11.8 Å². The maximum absolute atomic E-state index is 11.9. The molecule has 3 N–H and O–H groups in total. The molecule has 0 aliphatic carbocycles. The monoisotopic (exact) mass is 284 g/mol. The zero-order valence-corrected chi connectivity index (χ0v) is 11.9. The van der Waals surface area contributed by atoms with Crippen LogP contribution in [0, 0.1) is 6.92 Å². The number of nitrogens with one attached hydrogen (secondary N) is 1. The molecule has 1 unspecified atom stereocenters. The van der Waals surface area contributed by atoms with Crippen molar-refractivity contribution >= 4 is 17.6 Å². The minimum Gasteiger partial charge on any atom is -0.385 e. The second-order valence-electron chi connectivity index (χ2n) is 4.45. The average Bonchev–Trinajstić information content (AvgIpc) is 2.79. The standard InChI is InChI=1S/C12H20N4O4/c1-8-6-10(15-20-8)14-11(17)7-16(2)12(18)9(13)4-5-19-3/h6,9H,4-5,7,13H2,1-3H3,(H,14,15,17). The highest BCUT2D eigenvalue weighted by molar-refractivity contribution is 5.94. The zero-order valence-electron chi connectivity index (χ0n) is 11.9. The number of likely N-dealkylation sites (N-methyl/N-ethyl adjacent to an activating group) is 1. The van der Waals surface area contributed by atoms with Gasteiger partial charge in [-0.1, -0.05) is 5.16 Å². The molecule has 1 heterocycles. The van der Waals surface area contributed by atoms with Gasteiger partial charge >= 0.3 is 0 Å². The Labute approximate surface area is 117 Å². The molecule has 8 nitrogen and oxygen atoms in total. The van der Waals surface area contributed by atoms with Crippen LogP contribution in [0.1, 0.15) is 12.2 Å². The number of nitrogens with zero attached hydrogens (tertiary/aromatic N) is 2. The van der Waals surface area contributed by atoms with Gasteiger partial charge in [0.1, 0.15) is 5.76 Å². The lowest BCUT2D eigenvalue weighted by molar-refractivity contribution is -0.134. The Kier molecular flexibility index (Phi) is 6.13. The molecule has 1 aromatic rings. The molecular weight excluding hydrogens is 264 g/mol. The molecule has 0 aliphatic heterocycles. The van der Waals surface area contributed by atoms with Gasteiger partial charge in [0.2, 0.25) is 11.8 Å². The summed E-state index contributed by atoms with van der Waals surface area (Å²) in [5.74, 6) is 0.227. The van der Waals surface area contributed by atoms with Gasteiger partial charge in [0.05, 0.1) is 12.6 Å². The van der Waals surface area contributed by atoms with Gasteiger partial charge in [-0.05, 0) is 13.3 Å². The summed E-state index contributed by atoms with van der Waals surface area (Å²) in [6, 6.07) is 0.909. The summed E-state index contributed by atoms with van der Waals surface area (Å²) in [4.78, 5) is 24.9. The summed E-state index contributed by atoms with van der Waals surface area (Å²) in [6.45, 7) is 2.00. The van der Waals surface area contributed by atoms with Gasteiger partial charge in [0, 0.05) is 26.8 Å². The maximum Gasteiger partial charge on any atom is 0.245 e. The molecule has 0 aromatic carbocycles. The van der Waals surface area contributed by atoms with Crippen LogP contribution in [-0.4, -0.2) is 55.2 Å². The summed E-state index contributed by atoms with van der Waals surface area (Å²) in [5.41, 5.74) is 5.71. The number of aryl methyl sites for hydroxylation is 1. The Morgan fingerprint density at radius 3 is 2.85 bits per heavy atom. The van der Waals surface area contributed by atoms with E-state index in [0.29, 0.717) is 24.6 Å². The first kappa shape index (κ1) is 16.1. The second kappa shape index (κ2) is 7.61. The van der Waals surface area contributed by atoms with Crippen LogP contribution in [0.2, 0.25) is 0 Å². The summed E-state index contributed by atoms with van der Waals surface area (Å²) in [7, 11) is 3.05. The molecule has 8 heteroatoms. The van der Waals surface area contributed by atoms with Crippen LogP contribution in [0.5, 0.6) is 0 Å². The van der Waals surface area contributed by atoms with Crippen LogP contribution in [0.25, 0.3) is 0 Å². The molecule has 1 rings (SSSR count). The lowest BCUT2D eigenvalue weighted by atomic mass is 10.2. The molecule has 1 aromatic heterocycles. The van der Waals surface area contributed by atoms with E-state index in [0.717, 1.165) is 0 Å². The van der Waals surface area contributed by atoms with Crippen LogP contribution in [0.15, 0.2) is 10.6 Å². The SMILES string of the molecule is COCCC(N)C(=O)N(C)CC(=O)Nc1cc(C)on1. The smallest absolute Gasteiger partial charge is 0.245 e. The van der Waals surface area contributed by atoms with Gasteiger partial charge < -0.3 is 25.2 Å². The van der Waals surface area contributed by atoms with Crippen LogP contribution in [0.3, 0.4) is 0 Å². The van der Waals surface area contributed by atoms with Gasteiger partial charge in [-0.3, -0.25) is 9.59 Å². The second-order valence-corrected chi connectivity index (χ2v) is 4.45. The number of aromatic nitrogens is 1. The molecule has 2 amide bonds. The number of anilines is 1. The van der Waals surface area contributed by atoms with E-state index >= 15 is 0 Å². The van der Waals surface area contributed by atoms with Gasteiger partial charge in [0.25, 0.3) is 0 Å². The number of nitrogens with two attached hydrogens (primary N) is 1. The number of amides is 2. The minimum absolute atomic E-state index is 0.106. The maximum atomic E-state index is 11.9. The largest absolute Gasteiger partial charge is 0.385 e. The van der Waals surface area contributed by atoms with Crippen LogP contribution in [0.4, 0.5) is 5.82 Å². The molecule has 0 bridgehead atoms. The normalized spacial score (nSPS) is 12.0. The average molecular weight is 284 g/mol. The fourth-order valence-electron chi connectivity index (χ4n) is 1.55. The molecule has 112 valence electrons. The summed E-state index contributed by atoms with van der Waals surface area (Å²) < 4.78 is 9.68. The molecule has 0 aliphatic rings. The Bertz CT molecular complexity index is 460. The van der Waals surface area contributed by atoms with E-state index in [1.807, 2.05) is 0 Å². The minimum atomic E-state index is -0.679. The van der Waals surface area contributed by atoms with Gasteiger partial charge in [-0.15, -0.1) is 0 Å². The van der Waals surface area contributed by atoms with E-state index in [1.54, 1.807) is 13.0 Å². The van der Waals surface area contributed by atoms with Crippen LogP contribution in [-0.2, 0) is 14.3 Å². The Hall–Kier alpha value is -1.93. The van der Waals surface area contributed by atoms with Gasteiger partial charge in [-0.2, -0.15) is 0 Å². The van der Waals surface area contributed by atoms with Crippen LogP contribution < -0.4 is 11.1 Å². The summed E-state index contributed by atoms with van der Waals surface area (Å²) >= 11 is 0.